The van der Waals surface area contributed by atoms with E-state index < -0.39 is 5.97 Å². The highest BCUT2D eigenvalue weighted by Crippen LogP contribution is 2.25. The SMILES string of the molecule is CCCCCCCCCCC#CCOC(=O)CCCC(=O)Oc1cc(C)ccc1Cl. The molecule has 0 bridgehead atoms. The highest BCUT2D eigenvalue weighted by molar-refractivity contribution is 6.32. The van der Waals surface area contributed by atoms with Crippen molar-refractivity contribution in [3.05, 3.63) is 28.8 Å². The van der Waals surface area contributed by atoms with Crippen LogP contribution in [0.1, 0.15) is 89.5 Å². The van der Waals surface area contributed by atoms with E-state index in [2.05, 4.69) is 18.8 Å². The number of esters is 2. The number of hydrogen-bond acceptors (Lipinski definition) is 4. The van der Waals surface area contributed by atoms with E-state index in [0.29, 0.717) is 17.2 Å². The Morgan fingerprint density at radius 2 is 1.57 bits per heavy atom. The molecule has 0 fully saturated rings. The number of benzene rings is 1. The van der Waals surface area contributed by atoms with Crippen molar-refractivity contribution in [1.82, 2.24) is 0 Å². The fourth-order valence-electron chi connectivity index (χ4n) is 2.91. The van der Waals surface area contributed by atoms with Gasteiger partial charge < -0.3 is 9.47 Å². The monoisotopic (exact) mass is 434 g/mol. The lowest BCUT2D eigenvalue weighted by molar-refractivity contribution is -0.142. The number of carbonyl (C=O) groups is 2. The summed E-state index contributed by atoms with van der Waals surface area (Å²) in [5.74, 6) is 5.51. The molecule has 0 aromatic heterocycles. The van der Waals surface area contributed by atoms with Crippen LogP contribution in [-0.2, 0) is 14.3 Å². The zero-order chi connectivity index (χ0) is 22.0. The van der Waals surface area contributed by atoms with Crippen LogP contribution in [-0.4, -0.2) is 18.5 Å². The van der Waals surface area contributed by atoms with E-state index in [0.717, 1.165) is 18.4 Å². The molecule has 1 rings (SSSR count). The van der Waals surface area contributed by atoms with Gasteiger partial charge in [0.15, 0.2) is 6.61 Å². The maximum atomic E-state index is 11.9. The Labute approximate surface area is 186 Å². The van der Waals surface area contributed by atoms with E-state index in [1.165, 1.54) is 44.9 Å². The van der Waals surface area contributed by atoms with Gasteiger partial charge in [0, 0.05) is 19.3 Å². The van der Waals surface area contributed by atoms with Crippen LogP contribution in [0.3, 0.4) is 0 Å². The van der Waals surface area contributed by atoms with Crippen LogP contribution in [0, 0.1) is 18.8 Å². The summed E-state index contributed by atoms with van der Waals surface area (Å²) in [7, 11) is 0. The smallest absolute Gasteiger partial charge is 0.311 e. The van der Waals surface area contributed by atoms with E-state index in [1.807, 2.05) is 13.0 Å². The van der Waals surface area contributed by atoms with Crippen LogP contribution in [0.15, 0.2) is 18.2 Å². The second-order valence-electron chi connectivity index (χ2n) is 7.50. The molecular formula is C25H35ClO4. The molecule has 0 amide bonds. The molecule has 0 aliphatic carbocycles. The van der Waals surface area contributed by atoms with E-state index in [9.17, 15) is 9.59 Å². The fraction of sp³-hybridized carbons (Fsp3) is 0.600. The minimum atomic E-state index is -0.416. The van der Waals surface area contributed by atoms with Crippen molar-refractivity contribution >= 4 is 23.5 Å². The Morgan fingerprint density at radius 1 is 0.900 bits per heavy atom. The zero-order valence-corrected chi connectivity index (χ0v) is 19.2. The van der Waals surface area contributed by atoms with Gasteiger partial charge in [0.05, 0.1) is 5.02 Å². The summed E-state index contributed by atoms with van der Waals surface area (Å²) >= 11 is 6.00. The number of rotatable bonds is 14. The van der Waals surface area contributed by atoms with Gasteiger partial charge in [-0.3, -0.25) is 9.59 Å². The fourth-order valence-corrected chi connectivity index (χ4v) is 3.07. The molecular weight excluding hydrogens is 400 g/mol. The second-order valence-corrected chi connectivity index (χ2v) is 7.91. The summed E-state index contributed by atoms with van der Waals surface area (Å²) in [6.07, 6.45) is 11.7. The normalized spacial score (nSPS) is 10.2. The number of ether oxygens (including phenoxy) is 2. The van der Waals surface area contributed by atoms with Gasteiger partial charge >= 0.3 is 11.9 Å². The van der Waals surface area contributed by atoms with Gasteiger partial charge in [-0.2, -0.15) is 0 Å². The average Bonchev–Trinajstić information content (AvgIpc) is 2.71. The molecule has 0 spiro atoms. The zero-order valence-electron chi connectivity index (χ0n) is 18.4. The molecule has 0 aliphatic rings. The maximum absolute atomic E-state index is 11.9. The van der Waals surface area contributed by atoms with E-state index in [4.69, 9.17) is 21.1 Å². The Kier molecular flexibility index (Phi) is 14.6. The first-order chi connectivity index (χ1) is 14.5. The van der Waals surface area contributed by atoms with Crippen LogP contribution in [0.5, 0.6) is 5.75 Å². The predicted molar refractivity (Wildman–Crippen MR) is 122 cm³/mol. The Morgan fingerprint density at radius 3 is 2.30 bits per heavy atom. The Balaban J connectivity index is 2.03. The molecule has 166 valence electrons. The van der Waals surface area contributed by atoms with Gasteiger partial charge in [0.1, 0.15) is 5.75 Å². The topological polar surface area (TPSA) is 52.6 Å². The third-order valence-corrected chi connectivity index (χ3v) is 4.97. The van der Waals surface area contributed by atoms with Gasteiger partial charge in [-0.1, -0.05) is 81.4 Å². The summed E-state index contributed by atoms with van der Waals surface area (Å²) in [6, 6.07) is 5.24. The number of carbonyl (C=O) groups excluding carboxylic acids is 2. The average molecular weight is 435 g/mol. The lowest BCUT2D eigenvalue weighted by Crippen LogP contribution is -2.10. The van der Waals surface area contributed by atoms with Crippen LogP contribution in [0.2, 0.25) is 5.02 Å². The number of unbranched alkanes of at least 4 members (excludes halogenated alkanes) is 8. The highest BCUT2D eigenvalue weighted by atomic mass is 35.5. The molecule has 1 aromatic carbocycles. The van der Waals surface area contributed by atoms with Crippen molar-refractivity contribution in [2.45, 2.75) is 90.9 Å². The standard InChI is InChI=1S/C25H35ClO4/c1-3-4-5-6-7-8-9-10-11-12-13-19-29-24(27)15-14-16-25(28)30-23-20-21(2)17-18-22(23)26/h17-18,20H,3-11,14-16,19H2,1-2H3. The predicted octanol–water partition coefficient (Wildman–Crippen LogP) is 6.80. The van der Waals surface area contributed by atoms with Crippen molar-refractivity contribution in [3.8, 4) is 17.6 Å². The molecule has 0 heterocycles. The van der Waals surface area contributed by atoms with Crippen molar-refractivity contribution in [1.29, 1.82) is 0 Å². The molecule has 0 saturated carbocycles. The third kappa shape index (κ3) is 13.3. The molecule has 0 unspecified atom stereocenters. The quantitative estimate of drug-likeness (QED) is 0.140. The number of hydrogen-bond donors (Lipinski definition) is 0. The van der Waals surface area contributed by atoms with Crippen LogP contribution >= 0.6 is 11.6 Å². The van der Waals surface area contributed by atoms with Crippen LogP contribution in [0.4, 0.5) is 0 Å². The molecule has 1 aromatic rings. The van der Waals surface area contributed by atoms with Crippen molar-refractivity contribution in [2.75, 3.05) is 6.61 Å². The van der Waals surface area contributed by atoms with Crippen molar-refractivity contribution in [2.24, 2.45) is 0 Å². The summed E-state index contributed by atoms with van der Waals surface area (Å²) in [6.45, 7) is 4.23. The molecule has 0 radical (unpaired) electrons. The lowest BCUT2D eigenvalue weighted by Gasteiger charge is -2.07. The molecule has 30 heavy (non-hydrogen) atoms. The number of halogens is 1. The van der Waals surface area contributed by atoms with Gasteiger partial charge in [-0.15, -0.1) is 0 Å². The minimum Gasteiger partial charge on any atom is -0.452 e. The third-order valence-electron chi connectivity index (χ3n) is 4.66. The van der Waals surface area contributed by atoms with Gasteiger partial charge in [-0.25, -0.2) is 0 Å². The molecule has 5 heteroatoms. The molecule has 0 aliphatic heterocycles. The number of aryl methyl sites for hydroxylation is 1. The summed E-state index contributed by atoms with van der Waals surface area (Å²) in [5.41, 5.74) is 0.953. The molecule has 0 N–H and O–H groups in total. The first-order valence-electron chi connectivity index (χ1n) is 11.1. The van der Waals surface area contributed by atoms with Crippen LogP contribution in [0.25, 0.3) is 0 Å². The summed E-state index contributed by atoms with van der Waals surface area (Å²) < 4.78 is 10.3. The van der Waals surface area contributed by atoms with Crippen molar-refractivity contribution < 1.29 is 19.1 Å². The first-order valence-corrected chi connectivity index (χ1v) is 11.5. The minimum absolute atomic E-state index is 0.110. The van der Waals surface area contributed by atoms with Gasteiger partial charge in [0.25, 0.3) is 0 Å². The molecule has 4 nitrogen and oxygen atoms in total. The summed E-state index contributed by atoms with van der Waals surface area (Å²) in [4.78, 5) is 23.6. The second kappa shape index (κ2) is 16.8. The summed E-state index contributed by atoms with van der Waals surface area (Å²) in [5, 5.41) is 0.388. The van der Waals surface area contributed by atoms with Crippen molar-refractivity contribution in [3.63, 3.8) is 0 Å². The first kappa shape index (κ1) is 26.0. The molecule has 0 saturated heterocycles. The van der Waals surface area contributed by atoms with Gasteiger partial charge in [0.2, 0.25) is 0 Å². The van der Waals surface area contributed by atoms with E-state index in [-0.39, 0.29) is 25.4 Å². The van der Waals surface area contributed by atoms with E-state index in [1.54, 1.807) is 12.1 Å². The van der Waals surface area contributed by atoms with Crippen LogP contribution < -0.4 is 4.74 Å². The highest BCUT2D eigenvalue weighted by Gasteiger charge is 2.10. The largest absolute Gasteiger partial charge is 0.452 e. The Hall–Kier alpha value is -1.99. The van der Waals surface area contributed by atoms with Gasteiger partial charge in [-0.05, 0) is 37.5 Å². The Bertz CT molecular complexity index is 703. The van der Waals surface area contributed by atoms with E-state index >= 15 is 0 Å². The lowest BCUT2D eigenvalue weighted by atomic mass is 10.1. The molecule has 0 atom stereocenters. The maximum Gasteiger partial charge on any atom is 0.311 e.